The lowest BCUT2D eigenvalue weighted by Crippen LogP contribution is -2.32. The molecule has 0 saturated carbocycles. The number of benzene rings is 2. The highest BCUT2D eigenvalue weighted by Gasteiger charge is 2.17. The second-order valence-electron chi connectivity index (χ2n) is 6.86. The average Bonchev–Trinajstić information content (AvgIpc) is 3.20. The summed E-state index contributed by atoms with van der Waals surface area (Å²) in [7, 11) is 3.40. The van der Waals surface area contributed by atoms with Gasteiger partial charge >= 0.3 is 0 Å². The van der Waals surface area contributed by atoms with E-state index < -0.39 is 0 Å². The van der Waals surface area contributed by atoms with Crippen LogP contribution >= 0.6 is 35.0 Å². The van der Waals surface area contributed by atoms with Gasteiger partial charge in [0.05, 0.1) is 25.4 Å². The molecule has 1 aromatic heterocycles. The number of ether oxygens (including phenoxy) is 2. The number of halogens is 2. The molecular weight excluding hydrogens is 471 g/mol. The Morgan fingerprint density at radius 1 is 1.03 bits per heavy atom. The second kappa shape index (κ2) is 12.1. The van der Waals surface area contributed by atoms with Crippen molar-refractivity contribution in [3.8, 4) is 17.1 Å². The quantitative estimate of drug-likeness (QED) is 0.364. The molecule has 3 rings (SSSR count). The highest BCUT2D eigenvalue weighted by atomic mass is 35.5. The third-order valence-corrected chi connectivity index (χ3v) is 6.05. The van der Waals surface area contributed by atoms with Crippen LogP contribution in [0.5, 0.6) is 5.75 Å². The highest BCUT2D eigenvalue weighted by Crippen LogP contribution is 2.25. The molecule has 3 aromatic rings. The van der Waals surface area contributed by atoms with Crippen molar-refractivity contribution in [3.05, 3.63) is 58.6 Å². The van der Waals surface area contributed by atoms with Crippen molar-refractivity contribution in [3.63, 3.8) is 0 Å². The molecule has 170 valence electrons. The van der Waals surface area contributed by atoms with E-state index in [0.717, 1.165) is 5.56 Å². The molecule has 0 radical (unpaired) electrons. The van der Waals surface area contributed by atoms with E-state index in [2.05, 4.69) is 10.2 Å². The molecule has 0 aliphatic heterocycles. The van der Waals surface area contributed by atoms with Crippen LogP contribution in [0.3, 0.4) is 0 Å². The molecule has 0 saturated heterocycles. The molecule has 0 bridgehead atoms. The molecule has 1 amide bonds. The van der Waals surface area contributed by atoms with Gasteiger partial charge in [0.1, 0.15) is 12.4 Å². The number of hydrogen-bond acceptors (Lipinski definition) is 6. The number of hydrogen-bond donors (Lipinski definition) is 0. The maximum atomic E-state index is 12.6. The van der Waals surface area contributed by atoms with E-state index in [1.807, 2.05) is 28.8 Å². The minimum absolute atomic E-state index is 0.0240. The Morgan fingerprint density at radius 3 is 2.34 bits per heavy atom. The van der Waals surface area contributed by atoms with Gasteiger partial charge in [-0.25, -0.2) is 0 Å². The van der Waals surface area contributed by atoms with Crippen LogP contribution in [0.25, 0.3) is 11.4 Å². The van der Waals surface area contributed by atoms with Gasteiger partial charge in [-0.2, -0.15) is 0 Å². The third kappa shape index (κ3) is 6.87. The summed E-state index contributed by atoms with van der Waals surface area (Å²) < 4.78 is 12.8. The fourth-order valence-corrected chi connectivity index (χ4v) is 3.94. The maximum Gasteiger partial charge on any atom is 0.232 e. The van der Waals surface area contributed by atoms with Crippen molar-refractivity contribution < 1.29 is 14.3 Å². The second-order valence-corrected chi connectivity index (χ2v) is 8.68. The van der Waals surface area contributed by atoms with Crippen LogP contribution in [0.1, 0.15) is 0 Å². The lowest BCUT2D eigenvalue weighted by atomic mass is 10.2. The zero-order chi connectivity index (χ0) is 22.9. The van der Waals surface area contributed by atoms with Gasteiger partial charge in [0, 0.05) is 29.8 Å². The predicted molar refractivity (Wildman–Crippen MR) is 128 cm³/mol. The number of carbonyl (C=O) groups is 1. The number of rotatable bonds is 11. The van der Waals surface area contributed by atoms with Crippen LogP contribution in [0, 0.1) is 0 Å². The predicted octanol–water partition coefficient (Wildman–Crippen LogP) is 4.53. The number of carbonyl (C=O) groups excluding carboxylic acids is 1. The molecule has 0 atom stereocenters. The Kier molecular flexibility index (Phi) is 9.23. The molecular formula is C22H24Cl2N4O3S. The molecule has 0 aliphatic rings. The number of thioether (sulfide) groups is 1. The first-order valence-corrected chi connectivity index (χ1v) is 11.7. The highest BCUT2D eigenvalue weighted by molar-refractivity contribution is 7.99. The number of likely N-dealkylation sites (N-methyl/N-ethyl adjacent to an activating group) is 1. The van der Waals surface area contributed by atoms with E-state index in [9.17, 15) is 4.79 Å². The van der Waals surface area contributed by atoms with Crippen molar-refractivity contribution in [2.75, 3.05) is 39.7 Å². The van der Waals surface area contributed by atoms with Crippen molar-refractivity contribution >= 4 is 40.9 Å². The summed E-state index contributed by atoms with van der Waals surface area (Å²) in [6, 6.07) is 14.5. The number of aromatic nitrogens is 3. The Hall–Kier alpha value is -2.26. The summed E-state index contributed by atoms with van der Waals surface area (Å²) in [5, 5.41) is 10.6. The lowest BCUT2D eigenvalue weighted by molar-refractivity contribution is -0.127. The Balaban J connectivity index is 1.56. The minimum atomic E-state index is -0.0240. The summed E-state index contributed by atoms with van der Waals surface area (Å²) in [5.74, 6) is 1.64. The van der Waals surface area contributed by atoms with Crippen LogP contribution in [0.2, 0.25) is 10.0 Å². The zero-order valence-electron chi connectivity index (χ0n) is 17.8. The van der Waals surface area contributed by atoms with Crippen LogP contribution < -0.4 is 4.74 Å². The first-order valence-electron chi connectivity index (χ1n) is 9.91. The van der Waals surface area contributed by atoms with Crippen LogP contribution in [-0.2, 0) is 16.1 Å². The van der Waals surface area contributed by atoms with E-state index >= 15 is 0 Å². The maximum absolute atomic E-state index is 12.6. The van der Waals surface area contributed by atoms with E-state index in [1.165, 1.54) is 11.8 Å². The molecule has 0 N–H and O–H groups in total. The topological polar surface area (TPSA) is 69.5 Å². The van der Waals surface area contributed by atoms with Gasteiger partial charge in [-0.05, 0) is 48.5 Å². The number of amides is 1. The van der Waals surface area contributed by atoms with Crippen molar-refractivity contribution in [1.29, 1.82) is 0 Å². The number of methoxy groups -OCH3 is 1. The monoisotopic (exact) mass is 494 g/mol. The number of nitrogens with zero attached hydrogens (tertiary/aromatic N) is 4. The first-order chi connectivity index (χ1) is 15.5. The molecule has 0 fully saturated rings. The third-order valence-electron chi connectivity index (χ3n) is 4.60. The van der Waals surface area contributed by atoms with Gasteiger partial charge in [0.25, 0.3) is 0 Å². The lowest BCUT2D eigenvalue weighted by Gasteiger charge is -2.17. The van der Waals surface area contributed by atoms with Gasteiger partial charge in [-0.3, -0.25) is 9.36 Å². The van der Waals surface area contributed by atoms with E-state index in [-0.39, 0.29) is 11.7 Å². The van der Waals surface area contributed by atoms with Crippen LogP contribution in [0.15, 0.2) is 53.7 Å². The molecule has 0 spiro atoms. The smallest absolute Gasteiger partial charge is 0.232 e. The Morgan fingerprint density at radius 2 is 1.69 bits per heavy atom. The summed E-state index contributed by atoms with van der Waals surface area (Å²) in [6.07, 6.45) is 0. The molecule has 2 aromatic carbocycles. The first kappa shape index (κ1) is 24.4. The summed E-state index contributed by atoms with van der Waals surface area (Å²) in [5.41, 5.74) is 0.896. The standard InChI is InChI=1S/C22H24Cl2N4O3S/c1-27(11-14-31-19-9-7-18(24)8-10-19)20(29)15-32-22-26-25-21(28(22)12-13-30-2)16-3-5-17(23)6-4-16/h3-10H,11-15H2,1-2H3. The summed E-state index contributed by atoms with van der Waals surface area (Å²) in [6.45, 7) is 1.93. The largest absolute Gasteiger partial charge is 0.492 e. The van der Waals surface area contributed by atoms with Gasteiger partial charge in [-0.15, -0.1) is 10.2 Å². The van der Waals surface area contributed by atoms with Crippen LogP contribution in [0.4, 0.5) is 0 Å². The SMILES string of the molecule is COCCn1c(SCC(=O)N(C)CCOc2ccc(Cl)cc2)nnc1-c1ccc(Cl)cc1. The molecule has 10 heteroatoms. The summed E-state index contributed by atoms with van der Waals surface area (Å²) >= 11 is 13.2. The average molecular weight is 495 g/mol. The molecule has 32 heavy (non-hydrogen) atoms. The van der Waals surface area contributed by atoms with Crippen LogP contribution in [-0.4, -0.2) is 65.2 Å². The van der Waals surface area contributed by atoms with E-state index in [0.29, 0.717) is 53.1 Å². The van der Waals surface area contributed by atoms with Gasteiger partial charge in [-0.1, -0.05) is 35.0 Å². The normalized spacial score (nSPS) is 10.9. The Labute approximate surface area is 201 Å². The minimum Gasteiger partial charge on any atom is -0.492 e. The van der Waals surface area contributed by atoms with Crippen molar-refractivity contribution in [2.45, 2.75) is 11.7 Å². The van der Waals surface area contributed by atoms with Gasteiger partial charge < -0.3 is 14.4 Å². The van der Waals surface area contributed by atoms with Crippen molar-refractivity contribution in [2.24, 2.45) is 0 Å². The molecule has 0 aliphatic carbocycles. The van der Waals surface area contributed by atoms with Gasteiger partial charge in [0.2, 0.25) is 5.91 Å². The molecule has 0 unspecified atom stereocenters. The fourth-order valence-electron chi connectivity index (χ4n) is 2.78. The molecule has 7 nitrogen and oxygen atoms in total. The molecule has 1 heterocycles. The van der Waals surface area contributed by atoms with Gasteiger partial charge in [0.15, 0.2) is 11.0 Å². The van der Waals surface area contributed by atoms with E-state index in [1.54, 1.807) is 43.3 Å². The fraction of sp³-hybridized carbons (Fsp3) is 0.318. The van der Waals surface area contributed by atoms with E-state index in [4.69, 9.17) is 32.7 Å². The zero-order valence-corrected chi connectivity index (χ0v) is 20.2. The Bertz CT molecular complexity index is 1010. The summed E-state index contributed by atoms with van der Waals surface area (Å²) in [4.78, 5) is 14.2. The van der Waals surface area contributed by atoms with Crippen molar-refractivity contribution in [1.82, 2.24) is 19.7 Å².